The Hall–Kier alpha value is -0.890. The van der Waals surface area contributed by atoms with Crippen LogP contribution in [0.4, 0.5) is 5.69 Å². The van der Waals surface area contributed by atoms with Crippen molar-refractivity contribution in [3.05, 3.63) is 44.6 Å². The molecular weight excluding hydrogens is 362 g/mol. The summed E-state index contributed by atoms with van der Waals surface area (Å²) in [5.74, 6) is 0. The van der Waals surface area contributed by atoms with E-state index in [2.05, 4.69) is 20.7 Å². The highest BCUT2D eigenvalue weighted by Crippen LogP contribution is 2.30. The molecular formula is C13H14BrNO3S2. The average molecular weight is 376 g/mol. The van der Waals surface area contributed by atoms with Crippen LogP contribution in [0.1, 0.15) is 10.4 Å². The zero-order chi connectivity index (χ0) is 14.8. The van der Waals surface area contributed by atoms with Gasteiger partial charge in [0.2, 0.25) is 0 Å². The maximum atomic E-state index is 12.3. The molecule has 0 saturated carbocycles. The Balaban J connectivity index is 2.28. The van der Waals surface area contributed by atoms with E-state index in [1.54, 1.807) is 38.3 Å². The summed E-state index contributed by atoms with van der Waals surface area (Å²) >= 11 is 4.70. The molecule has 1 heterocycles. The number of nitrogens with one attached hydrogen (secondary N) is 1. The summed E-state index contributed by atoms with van der Waals surface area (Å²) in [6.45, 7) is 2.23. The van der Waals surface area contributed by atoms with Crippen molar-refractivity contribution in [3.8, 4) is 0 Å². The third-order valence-corrected chi connectivity index (χ3v) is 5.81. The van der Waals surface area contributed by atoms with E-state index >= 15 is 0 Å². The van der Waals surface area contributed by atoms with Crippen molar-refractivity contribution in [2.45, 2.75) is 18.4 Å². The number of sulfonamides is 1. The Morgan fingerprint density at radius 1 is 1.35 bits per heavy atom. The van der Waals surface area contributed by atoms with Gasteiger partial charge in [-0.3, -0.25) is 4.72 Å². The van der Waals surface area contributed by atoms with Crippen LogP contribution >= 0.6 is 27.3 Å². The molecule has 2 rings (SSSR count). The number of aryl methyl sites for hydroxylation is 1. The van der Waals surface area contributed by atoms with E-state index in [4.69, 9.17) is 4.74 Å². The molecule has 1 aromatic carbocycles. The first-order valence-corrected chi connectivity index (χ1v) is 8.88. The maximum absolute atomic E-state index is 12.3. The normalized spacial score (nSPS) is 11.6. The van der Waals surface area contributed by atoms with Gasteiger partial charge >= 0.3 is 0 Å². The fraction of sp³-hybridized carbons (Fsp3) is 0.231. The summed E-state index contributed by atoms with van der Waals surface area (Å²) in [6, 6.07) is 8.77. The number of hydrogen-bond donors (Lipinski definition) is 1. The molecule has 4 nitrogen and oxygen atoms in total. The van der Waals surface area contributed by atoms with Gasteiger partial charge in [-0.15, -0.1) is 11.3 Å². The Bertz CT molecular complexity index is 710. The highest BCUT2D eigenvalue weighted by Gasteiger charge is 2.19. The quantitative estimate of drug-likeness (QED) is 0.865. The second-order valence-electron chi connectivity index (χ2n) is 4.21. The van der Waals surface area contributed by atoms with Gasteiger partial charge in [-0.25, -0.2) is 8.42 Å². The smallest absolute Gasteiger partial charge is 0.263 e. The molecule has 108 valence electrons. The van der Waals surface area contributed by atoms with Crippen LogP contribution in [-0.4, -0.2) is 15.5 Å². The lowest BCUT2D eigenvalue weighted by Crippen LogP contribution is -2.13. The Kier molecular flexibility index (Phi) is 4.85. The molecule has 0 aliphatic carbocycles. The van der Waals surface area contributed by atoms with E-state index in [1.807, 2.05) is 6.07 Å². The molecule has 1 aromatic heterocycles. The van der Waals surface area contributed by atoms with Crippen molar-refractivity contribution in [3.63, 3.8) is 0 Å². The lowest BCUT2D eigenvalue weighted by molar-refractivity contribution is 0.185. The van der Waals surface area contributed by atoms with Gasteiger partial charge in [-0.1, -0.05) is 12.1 Å². The molecule has 0 aliphatic rings. The molecule has 1 N–H and O–H groups in total. The van der Waals surface area contributed by atoms with Crippen LogP contribution in [0.3, 0.4) is 0 Å². The van der Waals surface area contributed by atoms with E-state index < -0.39 is 10.0 Å². The highest BCUT2D eigenvalue weighted by molar-refractivity contribution is 9.11. The lowest BCUT2D eigenvalue weighted by Gasteiger charge is -2.09. The fourth-order valence-electron chi connectivity index (χ4n) is 1.80. The molecule has 0 atom stereocenters. The van der Waals surface area contributed by atoms with Gasteiger partial charge in [0.15, 0.2) is 0 Å². The number of rotatable bonds is 5. The van der Waals surface area contributed by atoms with Crippen molar-refractivity contribution in [1.82, 2.24) is 0 Å². The number of methoxy groups -OCH3 is 1. The minimum absolute atomic E-state index is 0.298. The molecule has 0 unspecified atom stereocenters. The summed E-state index contributed by atoms with van der Waals surface area (Å²) in [5.41, 5.74) is 1.44. The second kappa shape index (κ2) is 6.26. The summed E-state index contributed by atoms with van der Waals surface area (Å²) < 4.78 is 33.1. The largest absolute Gasteiger partial charge is 0.380 e. The third kappa shape index (κ3) is 3.60. The van der Waals surface area contributed by atoms with Crippen molar-refractivity contribution in [2.75, 3.05) is 11.8 Å². The molecule has 0 spiro atoms. The van der Waals surface area contributed by atoms with Gasteiger partial charge in [-0.05, 0) is 46.6 Å². The number of anilines is 1. The van der Waals surface area contributed by atoms with Crippen molar-refractivity contribution < 1.29 is 13.2 Å². The predicted molar refractivity (Wildman–Crippen MR) is 84.7 cm³/mol. The molecule has 0 radical (unpaired) electrons. The van der Waals surface area contributed by atoms with Gasteiger partial charge < -0.3 is 4.74 Å². The first-order valence-electron chi connectivity index (χ1n) is 5.79. The van der Waals surface area contributed by atoms with Crippen LogP contribution in [-0.2, 0) is 21.4 Å². The minimum Gasteiger partial charge on any atom is -0.380 e. The Morgan fingerprint density at radius 3 is 2.70 bits per heavy atom. The zero-order valence-electron chi connectivity index (χ0n) is 11.0. The summed E-state index contributed by atoms with van der Waals surface area (Å²) in [6.07, 6.45) is 0. The van der Waals surface area contributed by atoms with Gasteiger partial charge in [0, 0.05) is 17.7 Å². The molecule has 0 saturated heterocycles. The standard InChI is InChI=1S/C13H14BrNO3S2/c1-9-12(7-13(14)19-9)20(16,17)15-11-5-3-4-10(6-11)8-18-2/h3-7,15H,8H2,1-2H3. The van der Waals surface area contributed by atoms with E-state index in [0.717, 1.165) is 14.2 Å². The van der Waals surface area contributed by atoms with Crippen LogP contribution in [0.2, 0.25) is 0 Å². The number of benzene rings is 1. The summed E-state index contributed by atoms with van der Waals surface area (Å²) in [4.78, 5) is 1.05. The van der Waals surface area contributed by atoms with E-state index in [9.17, 15) is 8.42 Å². The monoisotopic (exact) mass is 375 g/mol. The minimum atomic E-state index is -3.57. The van der Waals surface area contributed by atoms with Crippen molar-refractivity contribution in [1.29, 1.82) is 0 Å². The van der Waals surface area contributed by atoms with Gasteiger partial charge in [-0.2, -0.15) is 0 Å². The molecule has 20 heavy (non-hydrogen) atoms. The predicted octanol–water partition coefficient (Wildman–Crippen LogP) is 3.77. The summed E-state index contributed by atoms with van der Waals surface area (Å²) in [5, 5.41) is 0. The fourth-order valence-corrected chi connectivity index (χ4v) is 5.26. The van der Waals surface area contributed by atoms with Gasteiger partial charge in [0.05, 0.1) is 10.4 Å². The second-order valence-corrected chi connectivity index (χ2v) is 8.50. The molecule has 0 fully saturated rings. The molecule has 2 aromatic rings. The van der Waals surface area contributed by atoms with Gasteiger partial charge in [0.1, 0.15) is 4.90 Å². The SMILES string of the molecule is COCc1cccc(NS(=O)(=O)c2cc(Br)sc2C)c1. The van der Waals surface area contributed by atoms with Crippen LogP contribution < -0.4 is 4.72 Å². The van der Waals surface area contributed by atoms with Crippen LogP contribution in [0, 0.1) is 6.92 Å². The van der Waals surface area contributed by atoms with Crippen molar-refractivity contribution in [2.24, 2.45) is 0 Å². The number of hydrogen-bond acceptors (Lipinski definition) is 4. The number of halogens is 1. The first kappa shape index (κ1) is 15.5. The highest BCUT2D eigenvalue weighted by atomic mass is 79.9. The molecule has 0 bridgehead atoms. The molecule has 0 aliphatic heterocycles. The van der Waals surface area contributed by atoms with E-state index in [-0.39, 0.29) is 0 Å². The zero-order valence-corrected chi connectivity index (χ0v) is 14.2. The van der Waals surface area contributed by atoms with Crippen LogP contribution in [0.15, 0.2) is 39.0 Å². The molecule has 7 heteroatoms. The molecule has 0 amide bonds. The van der Waals surface area contributed by atoms with E-state index in [0.29, 0.717) is 17.2 Å². The van der Waals surface area contributed by atoms with E-state index in [1.165, 1.54) is 11.3 Å². The topological polar surface area (TPSA) is 55.4 Å². The first-order chi connectivity index (χ1) is 9.42. The van der Waals surface area contributed by atoms with Crippen LogP contribution in [0.25, 0.3) is 0 Å². The van der Waals surface area contributed by atoms with Crippen molar-refractivity contribution >= 4 is 43.0 Å². The number of ether oxygens (including phenoxy) is 1. The summed E-state index contributed by atoms with van der Waals surface area (Å²) in [7, 11) is -1.96. The van der Waals surface area contributed by atoms with Crippen LogP contribution in [0.5, 0.6) is 0 Å². The Labute approximate surface area is 131 Å². The average Bonchev–Trinajstić information content (AvgIpc) is 2.69. The third-order valence-electron chi connectivity index (χ3n) is 2.62. The number of thiophene rings is 1. The lowest BCUT2D eigenvalue weighted by atomic mass is 10.2. The maximum Gasteiger partial charge on any atom is 0.263 e. The van der Waals surface area contributed by atoms with Gasteiger partial charge in [0.25, 0.3) is 10.0 Å². The Morgan fingerprint density at radius 2 is 2.10 bits per heavy atom.